The van der Waals surface area contributed by atoms with Crippen molar-refractivity contribution in [3.8, 4) is 0 Å². The SMILES string of the molecule is O=Cc1ccnc(Cn2cccn2)n1. The fourth-order valence-corrected chi connectivity index (χ4v) is 1.10. The first-order valence-electron chi connectivity index (χ1n) is 4.13. The van der Waals surface area contributed by atoms with Crippen LogP contribution in [0.1, 0.15) is 16.3 Å². The zero-order chi connectivity index (χ0) is 9.80. The molecule has 2 heterocycles. The zero-order valence-electron chi connectivity index (χ0n) is 7.37. The van der Waals surface area contributed by atoms with E-state index in [1.807, 2.05) is 12.3 Å². The molecule has 0 fully saturated rings. The van der Waals surface area contributed by atoms with Crippen molar-refractivity contribution >= 4 is 6.29 Å². The molecule has 2 aromatic rings. The summed E-state index contributed by atoms with van der Waals surface area (Å²) in [5.41, 5.74) is 0.391. The molecule has 0 saturated heterocycles. The lowest BCUT2D eigenvalue weighted by molar-refractivity contribution is 0.111. The lowest BCUT2D eigenvalue weighted by atomic mass is 10.4. The van der Waals surface area contributed by atoms with Crippen LogP contribution in [0.3, 0.4) is 0 Å². The molecule has 2 aromatic heterocycles. The molecular formula is C9H8N4O. The van der Waals surface area contributed by atoms with Crippen LogP contribution in [-0.2, 0) is 6.54 Å². The highest BCUT2D eigenvalue weighted by Crippen LogP contribution is 1.95. The van der Waals surface area contributed by atoms with Crippen LogP contribution in [0.2, 0.25) is 0 Å². The Morgan fingerprint density at radius 2 is 2.36 bits per heavy atom. The van der Waals surface area contributed by atoms with Crippen LogP contribution in [0.15, 0.2) is 30.7 Å². The summed E-state index contributed by atoms with van der Waals surface area (Å²) in [5, 5.41) is 4.02. The van der Waals surface area contributed by atoms with Crippen LogP contribution >= 0.6 is 0 Å². The Labute approximate surface area is 80.4 Å². The highest BCUT2D eigenvalue weighted by Gasteiger charge is 1.99. The number of aldehydes is 1. The van der Waals surface area contributed by atoms with E-state index < -0.39 is 0 Å². The molecule has 0 atom stereocenters. The Bertz CT molecular complexity index is 424. The molecule has 0 bridgehead atoms. The fourth-order valence-electron chi connectivity index (χ4n) is 1.10. The first kappa shape index (κ1) is 8.55. The fraction of sp³-hybridized carbons (Fsp3) is 0.111. The lowest BCUT2D eigenvalue weighted by Crippen LogP contribution is -2.05. The van der Waals surface area contributed by atoms with Gasteiger partial charge in [-0.05, 0) is 12.1 Å². The van der Waals surface area contributed by atoms with Gasteiger partial charge in [-0.25, -0.2) is 9.97 Å². The largest absolute Gasteiger partial charge is 0.296 e. The Hall–Kier alpha value is -2.04. The molecule has 14 heavy (non-hydrogen) atoms. The maximum atomic E-state index is 10.4. The Balaban J connectivity index is 2.21. The second kappa shape index (κ2) is 3.78. The Morgan fingerprint density at radius 3 is 3.07 bits per heavy atom. The average Bonchev–Trinajstić information content (AvgIpc) is 2.71. The smallest absolute Gasteiger partial charge is 0.168 e. The number of hydrogen-bond donors (Lipinski definition) is 0. The molecule has 0 N–H and O–H groups in total. The summed E-state index contributed by atoms with van der Waals surface area (Å²) in [6.45, 7) is 0.481. The number of carbonyl (C=O) groups excluding carboxylic acids is 1. The van der Waals surface area contributed by atoms with Crippen molar-refractivity contribution in [2.24, 2.45) is 0 Å². The molecule has 0 aromatic carbocycles. The van der Waals surface area contributed by atoms with Gasteiger partial charge in [0.05, 0.1) is 0 Å². The third-order valence-electron chi connectivity index (χ3n) is 1.71. The standard InChI is InChI=1S/C9H8N4O/c14-7-8-2-4-10-9(12-8)6-13-5-1-3-11-13/h1-5,7H,6H2. The Kier molecular flexibility index (Phi) is 2.31. The number of aromatic nitrogens is 4. The van der Waals surface area contributed by atoms with Gasteiger partial charge in [0.1, 0.15) is 18.1 Å². The van der Waals surface area contributed by atoms with Gasteiger partial charge in [0.2, 0.25) is 0 Å². The van der Waals surface area contributed by atoms with Gasteiger partial charge in [-0.15, -0.1) is 0 Å². The molecule has 0 radical (unpaired) electrons. The molecule has 2 rings (SSSR count). The average molecular weight is 188 g/mol. The van der Waals surface area contributed by atoms with Crippen molar-refractivity contribution in [2.45, 2.75) is 6.54 Å². The van der Waals surface area contributed by atoms with Gasteiger partial charge in [0.25, 0.3) is 0 Å². The van der Waals surface area contributed by atoms with E-state index in [1.165, 1.54) is 0 Å². The third kappa shape index (κ3) is 1.82. The van der Waals surface area contributed by atoms with Crippen LogP contribution in [0.25, 0.3) is 0 Å². The molecule has 0 spiro atoms. The number of nitrogens with zero attached hydrogens (tertiary/aromatic N) is 4. The molecule has 0 aliphatic carbocycles. The van der Waals surface area contributed by atoms with Crippen LogP contribution in [0.5, 0.6) is 0 Å². The summed E-state index contributed by atoms with van der Waals surface area (Å²) < 4.78 is 1.70. The number of rotatable bonds is 3. The summed E-state index contributed by atoms with van der Waals surface area (Å²) in [7, 11) is 0. The van der Waals surface area contributed by atoms with E-state index in [-0.39, 0.29) is 0 Å². The van der Waals surface area contributed by atoms with E-state index in [1.54, 1.807) is 23.1 Å². The first-order valence-corrected chi connectivity index (χ1v) is 4.13. The van der Waals surface area contributed by atoms with E-state index >= 15 is 0 Å². The lowest BCUT2D eigenvalue weighted by Gasteiger charge is -1.99. The molecular weight excluding hydrogens is 180 g/mol. The molecule has 0 aliphatic heterocycles. The second-order valence-corrected chi connectivity index (χ2v) is 2.72. The third-order valence-corrected chi connectivity index (χ3v) is 1.71. The van der Waals surface area contributed by atoms with Gasteiger partial charge in [-0.2, -0.15) is 5.10 Å². The topological polar surface area (TPSA) is 60.7 Å². The van der Waals surface area contributed by atoms with Crippen LogP contribution in [0, 0.1) is 0 Å². The maximum Gasteiger partial charge on any atom is 0.168 e. The quantitative estimate of drug-likeness (QED) is 0.659. The summed E-state index contributed by atoms with van der Waals surface area (Å²) >= 11 is 0. The normalized spacial score (nSPS) is 10.0. The van der Waals surface area contributed by atoms with Gasteiger partial charge in [0.15, 0.2) is 6.29 Å². The summed E-state index contributed by atoms with van der Waals surface area (Å²) in [5.74, 6) is 0.582. The minimum Gasteiger partial charge on any atom is -0.296 e. The number of hydrogen-bond acceptors (Lipinski definition) is 4. The van der Waals surface area contributed by atoms with E-state index in [0.717, 1.165) is 0 Å². The van der Waals surface area contributed by atoms with Crippen molar-refractivity contribution < 1.29 is 4.79 Å². The summed E-state index contributed by atoms with van der Waals surface area (Å²) in [6.07, 6.45) is 5.77. The summed E-state index contributed by atoms with van der Waals surface area (Å²) in [4.78, 5) is 18.5. The van der Waals surface area contributed by atoms with Gasteiger partial charge in [-0.1, -0.05) is 0 Å². The van der Waals surface area contributed by atoms with Crippen molar-refractivity contribution in [3.05, 3.63) is 42.2 Å². The van der Waals surface area contributed by atoms with E-state index in [2.05, 4.69) is 15.1 Å². The zero-order valence-corrected chi connectivity index (χ0v) is 7.37. The Morgan fingerprint density at radius 1 is 1.43 bits per heavy atom. The highest BCUT2D eigenvalue weighted by molar-refractivity contribution is 5.71. The second-order valence-electron chi connectivity index (χ2n) is 2.72. The van der Waals surface area contributed by atoms with Crippen molar-refractivity contribution in [1.29, 1.82) is 0 Å². The monoisotopic (exact) mass is 188 g/mol. The minimum atomic E-state index is 0.391. The minimum absolute atomic E-state index is 0.391. The molecule has 5 heteroatoms. The highest BCUT2D eigenvalue weighted by atomic mass is 16.1. The van der Waals surface area contributed by atoms with Gasteiger partial charge >= 0.3 is 0 Å². The van der Waals surface area contributed by atoms with Crippen LogP contribution < -0.4 is 0 Å². The molecule has 0 saturated carbocycles. The molecule has 70 valence electrons. The van der Waals surface area contributed by atoms with E-state index in [4.69, 9.17) is 0 Å². The first-order chi connectivity index (χ1) is 6.88. The van der Waals surface area contributed by atoms with E-state index in [0.29, 0.717) is 24.3 Å². The molecule has 0 aliphatic rings. The van der Waals surface area contributed by atoms with Crippen molar-refractivity contribution in [2.75, 3.05) is 0 Å². The van der Waals surface area contributed by atoms with Gasteiger partial charge in [0, 0.05) is 18.6 Å². The maximum absolute atomic E-state index is 10.4. The van der Waals surface area contributed by atoms with Crippen LogP contribution in [-0.4, -0.2) is 26.0 Å². The molecule has 0 amide bonds. The molecule has 0 unspecified atom stereocenters. The van der Waals surface area contributed by atoms with Gasteiger partial charge < -0.3 is 0 Å². The number of carbonyl (C=O) groups is 1. The van der Waals surface area contributed by atoms with Crippen molar-refractivity contribution in [1.82, 2.24) is 19.7 Å². The predicted molar refractivity (Wildman–Crippen MR) is 48.7 cm³/mol. The summed E-state index contributed by atoms with van der Waals surface area (Å²) in [6, 6.07) is 3.39. The van der Waals surface area contributed by atoms with Gasteiger partial charge in [-0.3, -0.25) is 9.48 Å². The van der Waals surface area contributed by atoms with E-state index in [9.17, 15) is 4.79 Å². The molecule has 5 nitrogen and oxygen atoms in total. The predicted octanol–water partition coefficient (Wildman–Crippen LogP) is 0.534. The van der Waals surface area contributed by atoms with Crippen molar-refractivity contribution in [3.63, 3.8) is 0 Å². The van der Waals surface area contributed by atoms with Crippen LogP contribution in [0.4, 0.5) is 0 Å².